The maximum Gasteiger partial charge on any atom is 0.410 e. The lowest BCUT2D eigenvalue weighted by atomic mass is 9.56. The summed E-state index contributed by atoms with van der Waals surface area (Å²) in [7, 11) is 0. The van der Waals surface area contributed by atoms with Crippen LogP contribution in [0.2, 0.25) is 0 Å². The number of amides is 1. The lowest BCUT2D eigenvalue weighted by Crippen LogP contribution is -2.52. The minimum Gasteiger partial charge on any atom is -0.444 e. The van der Waals surface area contributed by atoms with Crippen molar-refractivity contribution >= 4 is 6.09 Å². The van der Waals surface area contributed by atoms with Crippen molar-refractivity contribution in [2.45, 2.75) is 65.0 Å². The highest BCUT2D eigenvalue weighted by molar-refractivity contribution is 5.68. The van der Waals surface area contributed by atoms with Crippen molar-refractivity contribution in [3.63, 3.8) is 0 Å². The van der Waals surface area contributed by atoms with Crippen LogP contribution in [0.4, 0.5) is 4.79 Å². The van der Waals surface area contributed by atoms with Gasteiger partial charge in [-0.15, -0.1) is 0 Å². The SMILES string of the molecule is C[C@H](N)C1CC2(CCN(C(=O)OC(C)(C)C)CC2)C1. The molecule has 0 radical (unpaired) electrons. The average Bonchev–Trinajstić information content (AvgIpc) is 2.23. The van der Waals surface area contributed by atoms with Crippen LogP contribution in [0, 0.1) is 11.3 Å². The van der Waals surface area contributed by atoms with Gasteiger partial charge in [0.25, 0.3) is 0 Å². The standard InChI is InChI=1S/C15H28N2O2/c1-11(16)12-9-15(10-12)5-7-17(8-6-15)13(18)19-14(2,3)4/h11-12H,5-10,16H2,1-4H3/t11-/m0/s1. The molecule has 0 bridgehead atoms. The van der Waals surface area contributed by atoms with Crippen molar-refractivity contribution < 1.29 is 9.53 Å². The minimum absolute atomic E-state index is 0.162. The fourth-order valence-electron chi connectivity index (χ4n) is 3.32. The van der Waals surface area contributed by atoms with Crippen LogP contribution in [-0.2, 0) is 4.74 Å². The predicted molar refractivity (Wildman–Crippen MR) is 75.8 cm³/mol. The molecule has 1 atom stereocenters. The summed E-state index contributed by atoms with van der Waals surface area (Å²) >= 11 is 0. The normalized spacial score (nSPS) is 25.0. The Morgan fingerprint density at radius 2 is 1.84 bits per heavy atom. The van der Waals surface area contributed by atoms with Gasteiger partial charge in [-0.05, 0) is 64.7 Å². The van der Waals surface area contributed by atoms with Gasteiger partial charge in [-0.1, -0.05) is 0 Å². The Hall–Kier alpha value is -0.770. The Morgan fingerprint density at radius 1 is 1.32 bits per heavy atom. The molecule has 2 N–H and O–H groups in total. The van der Waals surface area contributed by atoms with Gasteiger partial charge < -0.3 is 15.4 Å². The Labute approximate surface area is 116 Å². The summed E-state index contributed by atoms with van der Waals surface area (Å²) in [4.78, 5) is 13.8. The number of piperidine rings is 1. The summed E-state index contributed by atoms with van der Waals surface area (Å²) in [6, 6.07) is 0.314. The number of carbonyl (C=O) groups excluding carboxylic acids is 1. The number of ether oxygens (including phenoxy) is 1. The first-order valence-corrected chi connectivity index (χ1v) is 7.44. The topological polar surface area (TPSA) is 55.6 Å². The van der Waals surface area contributed by atoms with E-state index in [1.165, 1.54) is 12.8 Å². The van der Waals surface area contributed by atoms with E-state index in [0.717, 1.165) is 25.9 Å². The van der Waals surface area contributed by atoms with E-state index in [9.17, 15) is 4.79 Å². The molecule has 1 saturated heterocycles. The number of rotatable bonds is 1. The zero-order valence-corrected chi connectivity index (χ0v) is 12.7. The van der Waals surface area contributed by atoms with Crippen LogP contribution in [0.1, 0.15) is 53.4 Å². The molecule has 2 rings (SSSR count). The molecule has 1 amide bonds. The Morgan fingerprint density at radius 3 is 2.26 bits per heavy atom. The molecule has 1 aliphatic heterocycles. The first-order chi connectivity index (χ1) is 8.71. The molecule has 110 valence electrons. The molecule has 0 aromatic rings. The number of carbonyl (C=O) groups is 1. The molecule has 2 fully saturated rings. The van der Waals surface area contributed by atoms with Crippen molar-refractivity contribution in [3.8, 4) is 0 Å². The molecule has 0 aromatic heterocycles. The number of nitrogens with two attached hydrogens (primary N) is 1. The van der Waals surface area contributed by atoms with E-state index in [2.05, 4.69) is 6.92 Å². The quantitative estimate of drug-likeness (QED) is 0.795. The lowest BCUT2D eigenvalue weighted by molar-refractivity contribution is -0.0320. The van der Waals surface area contributed by atoms with Gasteiger partial charge in [0.05, 0.1) is 0 Å². The highest BCUT2D eigenvalue weighted by atomic mass is 16.6. The summed E-state index contributed by atoms with van der Waals surface area (Å²) in [5.74, 6) is 0.688. The Kier molecular flexibility index (Phi) is 3.83. The molecule has 1 saturated carbocycles. The van der Waals surface area contributed by atoms with Gasteiger partial charge in [-0.2, -0.15) is 0 Å². The minimum atomic E-state index is -0.400. The first kappa shape index (κ1) is 14.6. The Balaban J connectivity index is 1.79. The number of nitrogens with zero attached hydrogens (tertiary/aromatic N) is 1. The second kappa shape index (κ2) is 4.97. The van der Waals surface area contributed by atoms with Crippen molar-refractivity contribution in [3.05, 3.63) is 0 Å². The Bertz CT molecular complexity index is 331. The molecule has 1 heterocycles. The molecule has 2 aliphatic rings. The maximum atomic E-state index is 12.0. The predicted octanol–water partition coefficient (Wildman–Crippen LogP) is 2.76. The molecule has 1 spiro atoms. The van der Waals surface area contributed by atoms with Crippen LogP contribution in [0.3, 0.4) is 0 Å². The molecule has 0 aromatic carbocycles. The van der Waals surface area contributed by atoms with Crippen molar-refractivity contribution in [1.82, 2.24) is 4.90 Å². The summed E-state index contributed by atoms with van der Waals surface area (Å²) in [6.45, 7) is 9.51. The summed E-state index contributed by atoms with van der Waals surface area (Å²) in [5.41, 5.74) is 6.02. The van der Waals surface area contributed by atoms with Crippen LogP contribution >= 0.6 is 0 Å². The number of hydrogen-bond donors (Lipinski definition) is 1. The van der Waals surface area contributed by atoms with E-state index in [4.69, 9.17) is 10.5 Å². The monoisotopic (exact) mass is 268 g/mol. The molecule has 0 unspecified atom stereocenters. The molecule has 19 heavy (non-hydrogen) atoms. The van der Waals surface area contributed by atoms with E-state index in [1.54, 1.807) is 0 Å². The van der Waals surface area contributed by atoms with Gasteiger partial charge in [0.2, 0.25) is 0 Å². The molecular weight excluding hydrogens is 240 g/mol. The van der Waals surface area contributed by atoms with Crippen LogP contribution in [0.5, 0.6) is 0 Å². The number of hydrogen-bond acceptors (Lipinski definition) is 3. The summed E-state index contributed by atoms with van der Waals surface area (Å²) in [6.07, 6.45) is 4.54. The second-order valence-corrected chi connectivity index (χ2v) is 7.49. The van der Waals surface area contributed by atoms with E-state index in [1.807, 2.05) is 25.7 Å². The molecule has 1 aliphatic carbocycles. The maximum absolute atomic E-state index is 12.0. The van der Waals surface area contributed by atoms with Gasteiger partial charge >= 0.3 is 6.09 Å². The van der Waals surface area contributed by atoms with E-state index < -0.39 is 5.60 Å². The van der Waals surface area contributed by atoms with Crippen molar-refractivity contribution in [2.24, 2.45) is 17.1 Å². The van der Waals surface area contributed by atoms with Gasteiger partial charge in [0.15, 0.2) is 0 Å². The van der Waals surface area contributed by atoms with Crippen molar-refractivity contribution in [1.29, 1.82) is 0 Å². The molecule has 4 nitrogen and oxygen atoms in total. The zero-order chi connectivity index (χ0) is 14.3. The second-order valence-electron chi connectivity index (χ2n) is 7.49. The number of likely N-dealkylation sites (tertiary alicyclic amines) is 1. The largest absolute Gasteiger partial charge is 0.444 e. The fourth-order valence-corrected chi connectivity index (χ4v) is 3.32. The third kappa shape index (κ3) is 3.41. The van der Waals surface area contributed by atoms with Crippen LogP contribution < -0.4 is 5.73 Å². The van der Waals surface area contributed by atoms with Gasteiger partial charge in [-0.3, -0.25) is 0 Å². The van der Waals surface area contributed by atoms with Crippen LogP contribution in [-0.4, -0.2) is 35.7 Å². The first-order valence-electron chi connectivity index (χ1n) is 7.44. The fraction of sp³-hybridized carbons (Fsp3) is 0.933. The summed E-state index contributed by atoms with van der Waals surface area (Å²) < 4.78 is 5.42. The average molecular weight is 268 g/mol. The van der Waals surface area contributed by atoms with Crippen LogP contribution in [0.15, 0.2) is 0 Å². The smallest absolute Gasteiger partial charge is 0.410 e. The highest BCUT2D eigenvalue weighted by Crippen LogP contribution is 2.53. The third-order valence-electron chi connectivity index (χ3n) is 4.61. The highest BCUT2D eigenvalue weighted by Gasteiger charge is 2.47. The van der Waals surface area contributed by atoms with E-state index in [0.29, 0.717) is 17.4 Å². The zero-order valence-electron chi connectivity index (χ0n) is 12.7. The molecule has 4 heteroatoms. The van der Waals surface area contributed by atoms with Gasteiger partial charge in [-0.25, -0.2) is 4.79 Å². The van der Waals surface area contributed by atoms with Gasteiger partial charge in [0.1, 0.15) is 5.60 Å². The van der Waals surface area contributed by atoms with E-state index in [-0.39, 0.29) is 6.09 Å². The van der Waals surface area contributed by atoms with Crippen molar-refractivity contribution in [2.75, 3.05) is 13.1 Å². The van der Waals surface area contributed by atoms with E-state index >= 15 is 0 Å². The summed E-state index contributed by atoms with van der Waals surface area (Å²) in [5, 5.41) is 0. The van der Waals surface area contributed by atoms with Crippen LogP contribution in [0.25, 0.3) is 0 Å². The lowest BCUT2D eigenvalue weighted by Gasteiger charge is -2.53. The third-order valence-corrected chi connectivity index (χ3v) is 4.61. The molecular formula is C15H28N2O2. The van der Waals surface area contributed by atoms with Gasteiger partial charge in [0, 0.05) is 19.1 Å².